The fraction of sp³-hybridized carbons (Fsp3) is 0.235. The highest BCUT2D eigenvalue weighted by Gasteiger charge is 2.23. The first-order valence-corrected chi connectivity index (χ1v) is 7.56. The second kappa shape index (κ2) is 6.28. The monoisotopic (exact) mass is 316 g/mol. The lowest BCUT2D eigenvalue weighted by Crippen LogP contribution is -2.35. The predicted octanol–water partition coefficient (Wildman–Crippen LogP) is 4.29. The second-order valence-corrected chi connectivity index (χ2v) is 5.78. The Morgan fingerprint density at radius 1 is 1.27 bits per heavy atom. The summed E-state index contributed by atoms with van der Waals surface area (Å²) in [6, 6.07) is 12.8. The van der Waals surface area contributed by atoms with Gasteiger partial charge in [0.1, 0.15) is 5.75 Å². The first-order chi connectivity index (χ1) is 10.6. The fourth-order valence-corrected chi connectivity index (χ4v) is 2.75. The molecule has 0 radical (unpaired) electrons. The van der Waals surface area contributed by atoms with E-state index in [1.807, 2.05) is 19.1 Å². The minimum Gasteiger partial charge on any atom is -0.493 e. The largest absolute Gasteiger partial charge is 0.493 e. The molecule has 0 fully saturated rings. The summed E-state index contributed by atoms with van der Waals surface area (Å²) in [6.07, 6.45) is 0.749. The molecular formula is C17H17ClN2O2. The molecule has 2 N–H and O–H groups in total. The van der Waals surface area contributed by atoms with Crippen LogP contribution in [-0.2, 0) is 0 Å². The van der Waals surface area contributed by atoms with E-state index < -0.39 is 0 Å². The number of amides is 2. The van der Waals surface area contributed by atoms with Gasteiger partial charge in [-0.1, -0.05) is 35.4 Å². The molecule has 3 rings (SSSR count). The van der Waals surface area contributed by atoms with Crippen LogP contribution in [0, 0.1) is 6.92 Å². The molecule has 2 aromatic rings. The van der Waals surface area contributed by atoms with E-state index in [2.05, 4.69) is 16.7 Å². The Morgan fingerprint density at radius 3 is 2.95 bits per heavy atom. The smallest absolute Gasteiger partial charge is 0.319 e. The van der Waals surface area contributed by atoms with Gasteiger partial charge in [0.25, 0.3) is 0 Å². The van der Waals surface area contributed by atoms with Crippen molar-refractivity contribution >= 4 is 23.3 Å². The summed E-state index contributed by atoms with van der Waals surface area (Å²) < 4.78 is 5.64. The highest BCUT2D eigenvalue weighted by Crippen LogP contribution is 2.32. The van der Waals surface area contributed by atoms with Crippen LogP contribution in [0.2, 0.25) is 5.02 Å². The zero-order chi connectivity index (χ0) is 15.5. The van der Waals surface area contributed by atoms with Crippen LogP contribution in [0.1, 0.15) is 23.6 Å². The van der Waals surface area contributed by atoms with Crippen molar-refractivity contribution in [2.24, 2.45) is 0 Å². The van der Waals surface area contributed by atoms with E-state index in [0.29, 0.717) is 17.3 Å². The Kier molecular flexibility index (Phi) is 4.20. The molecule has 0 saturated heterocycles. The van der Waals surface area contributed by atoms with E-state index in [4.69, 9.17) is 16.3 Å². The Hall–Kier alpha value is -2.20. The number of hydrogen-bond donors (Lipinski definition) is 2. The molecule has 4 nitrogen and oxygen atoms in total. The van der Waals surface area contributed by atoms with Gasteiger partial charge in [0.2, 0.25) is 0 Å². The van der Waals surface area contributed by atoms with Crippen LogP contribution in [0.4, 0.5) is 10.5 Å². The van der Waals surface area contributed by atoms with Gasteiger partial charge in [-0.3, -0.25) is 0 Å². The van der Waals surface area contributed by atoms with Gasteiger partial charge < -0.3 is 15.4 Å². The number of carbonyl (C=O) groups is 1. The summed E-state index contributed by atoms with van der Waals surface area (Å²) in [6.45, 7) is 2.62. The first-order valence-electron chi connectivity index (χ1n) is 7.18. The molecule has 2 aromatic carbocycles. The van der Waals surface area contributed by atoms with E-state index in [1.165, 1.54) is 0 Å². The molecule has 1 heterocycles. The second-order valence-electron chi connectivity index (χ2n) is 5.34. The quantitative estimate of drug-likeness (QED) is 0.868. The summed E-state index contributed by atoms with van der Waals surface area (Å²) >= 11 is 5.92. The van der Waals surface area contributed by atoms with E-state index in [9.17, 15) is 4.79 Å². The summed E-state index contributed by atoms with van der Waals surface area (Å²) in [5.74, 6) is 0.838. The van der Waals surface area contributed by atoms with Crippen molar-refractivity contribution < 1.29 is 9.53 Å². The van der Waals surface area contributed by atoms with Gasteiger partial charge in [0, 0.05) is 22.7 Å². The molecule has 1 atom stereocenters. The van der Waals surface area contributed by atoms with Crippen LogP contribution in [0.15, 0.2) is 42.5 Å². The van der Waals surface area contributed by atoms with Gasteiger partial charge in [0.15, 0.2) is 0 Å². The molecule has 1 aliphatic heterocycles. The molecule has 0 saturated carbocycles. The molecule has 1 unspecified atom stereocenters. The Labute approximate surface area is 134 Å². The molecule has 2 amide bonds. The zero-order valence-electron chi connectivity index (χ0n) is 12.2. The van der Waals surface area contributed by atoms with Crippen LogP contribution in [0.25, 0.3) is 0 Å². The molecule has 5 heteroatoms. The number of nitrogens with one attached hydrogen (secondary N) is 2. The van der Waals surface area contributed by atoms with Crippen LogP contribution >= 0.6 is 11.6 Å². The van der Waals surface area contributed by atoms with E-state index in [1.54, 1.807) is 24.3 Å². The molecule has 0 spiro atoms. The van der Waals surface area contributed by atoms with Crippen molar-refractivity contribution in [3.05, 3.63) is 58.6 Å². The lowest BCUT2D eigenvalue weighted by atomic mass is 9.99. The fourth-order valence-electron chi connectivity index (χ4n) is 2.56. The van der Waals surface area contributed by atoms with Gasteiger partial charge in [-0.2, -0.15) is 0 Å². The number of carbonyl (C=O) groups excluding carboxylic acids is 1. The van der Waals surface area contributed by atoms with Gasteiger partial charge in [-0.25, -0.2) is 4.79 Å². The number of rotatable bonds is 2. The maximum absolute atomic E-state index is 12.2. The number of halogens is 1. The summed E-state index contributed by atoms with van der Waals surface area (Å²) in [5.41, 5.74) is 2.83. The SMILES string of the molecule is Cc1ccc2c(c1)C(NC(=O)Nc1cccc(Cl)c1)CCO2. The van der Waals surface area contributed by atoms with Crippen molar-refractivity contribution in [1.82, 2.24) is 5.32 Å². The van der Waals surface area contributed by atoms with Crippen LogP contribution in [0.5, 0.6) is 5.75 Å². The molecule has 1 aliphatic rings. The van der Waals surface area contributed by atoms with Crippen molar-refractivity contribution in [1.29, 1.82) is 0 Å². The van der Waals surface area contributed by atoms with Crippen molar-refractivity contribution in [2.75, 3.05) is 11.9 Å². The highest BCUT2D eigenvalue weighted by molar-refractivity contribution is 6.30. The van der Waals surface area contributed by atoms with E-state index >= 15 is 0 Å². The minimum absolute atomic E-state index is 0.0529. The van der Waals surface area contributed by atoms with Gasteiger partial charge in [-0.05, 0) is 31.2 Å². The maximum Gasteiger partial charge on any atom is 0.319 e. The molecule has 0 aliphatic carbocycles. The van der Waals surface area contributed by atoms with E-state index in [0.717, 1.165) is 23.3 Å². The average Bonchev–Trinajstić information content (AvgIpc) is 2.48. The van der Waals surface area contributed by atoms with Crippen LogP contribution < -0.4 is 15.4 Å². The summed E-state index contributed by atoms with van der Waals surface area (Å²) in [4.78, 5) is 12.2. The lowest BCUT2D eigenvalue weighted by molar-refractivity contribution is 0.232. The zero-order valence-corrected chi connectivity index (χ0v) is 13.0. The van der Waals surface area contributed by atoms with Crippen LogP contribution in [-0.4, -0.2) is 12.6 Å². The lowest BCUT2D eigenvalue weighted by Gasteiger charge is -2.27. The normalized spacial score (nSPS) is 16.4. The third-order valence-corrected chi connectivity index (χ3v) is 3.83. The van der Waals surface area contributed by atoms with Gasteiger partial charge >= 0.3 is 6.03 Å². The first kappa shape index (κ1) is 14.7. The molecule has 22 heavy (non-hydrogen) atoms. The number of anilines is 1. The summed E-state index contributed by atoms with van der Waals surface area (Å²) in [5, 5.41) is 6.39. The number of hydrogen-bond acceptors (Lipinski definition) is 2. The maximum atomic E-state index is 12.2. The number of ether oxygens (including phenoxy) is 1. The van der Waals surface area contributed by atoms with Gasteiger partial charge in [-0.15, -0.1) is 0 Å². The Balaban J connectivity index is 1.71. The predicted molar refractivity (Wildman–Crippen MR) is 87.6 cm³/mol. The number of benzene rings is 2. The van der Waals surface area contributed by atoms with Crippen molar-refractivity contribution in [3.8, 4) is 5.75 Å². The van der Waals surface area contributed by atoms with Crippen LogP contribution in [0.3, 0.4) is 0 Å². The number of aryl methyl sites for hydroxylation is 1. The number of urea groups is 1. The molecule has 0 bridgehead atoms. The Bertz CT molecular complexity index is 703. The third kappa shape index (κ3) is 3.34. The standard InChI is InChI=1S/C17H17ClN2O2/c1-11-5-6-16-14(9-11)15(7-8-22-16)20-17(21)19-13-4-2-3-12(18)10-13/h2-6,9-10,15H,7-8H2,1H3,(H2,19,20,21). The van der Waals surface area contributed by atoms with Crippen molar-refractivity contribution in [3.63, 3.8) is 0 Å². The molecule has 0 aromatic heterocycles. The average molecular weight is 317 g/mol. The van der Waals surface area contributed by atoms with E-state index in [-0.39, 0.29) is 12.1 Å². The van der Waals surface area contributed by atoms with Gasteiger partial charge in [0.05, 0.1) is 12.6 Å². The molecule has 114 valence electrons. The topological polar surface area (TPSA) is 50.4 Å². The minimum atomic E-state index is -0.248. The molecular weight excluding hydrogens is 300 g/mol. The number of fused-ring (bicyclic) bond motifs is 1. The third-order valence-electron chi connectivity index (χ3n) is 3.59. The highest BCUT2D eigenvalue weighted by atomic mass is 35.5. The summed E-state index contributed by atoms with van der Waals surface area (Å²) in [7, 11) is 0. The van der Waals surface area contributed by atoms with Crippen molar-refractivity contribution in [2.45, 2.75) is 19.4 Å². The Morgan fingerprint density at radius 2 is 2.14 bits per heavy atom.